The number of nitrogens with zero attached hydrogens (tertiary/aromatic N) is 1. The van der Waals surface area contributed by atoms with Crippen molar-refractivity contribution in [3.05, 3.63) is 35.6 Å². The van der Waals surface area contributed by atoms with E-state index < -0.39 is 5.97 Å². The molecular formula is C15H20FNO2. The highest BCUT2D eigenvalue weighted by molar-refractivity contribution is 5.66. The molecule has 2 rings (SSSR count). The molecule has 1 aromatic carbocycles. The third kappa shape index (κ3) is 3.53. The molecule has 0 radical (unpaired) electrons. The molecule has 2 atom stereocenters. The summed E-state index contributed by atoms with van der Waals surface area (Å²) in [5.41, 5.74) is 0.738. The second kappa shape index (κ2) is 6.15. The standard InChI is InChI=1S/C15H20FNO2/c1-11-9-14(12-5-2-3-6-13(12)16)17(10-11)8-4-7-15(18)19/h2-3,5-6,11,14H,4,7-10H2,1H3,(H,18,19)/t11-,14+/m1/s1. The zero-order chi connectivity index (χ0) is 13.8. The van der Waals surface area contributed by atoms with Crippen molar-refractivity contribution in [1.82, 2.24) is 4.90 Å². The molecule has 19 heavy (non-hydrogen) atoms. The number of likely N-dealkylation sites (tertiary alicyclic amines) is 1. The van der Waals surface area contributed by atoms with Crippen molar-refractivity contribution in [1.29, 1.82) is 0 Å². The number of hydrogen-bond donors (Lipinski definition) is 1. The van der Waals surface area contributed by atoms with Gasteiger partial charge in [0.1, 0.15) is 5.82 Å². The third-order valence-corrected chi connectivity index (χ3v) is 3.71. The number of aliphatic carboxylic acids is 1. The molecule has 104 valence electrons. The number of halogens is 1. The van der Waals surface area contributed by atoms with Gasteiger partial charge in [0.05, 0.1) is 0 Å². The van der Waals surface area contributed by atoms with Crippen LogP contribution >= 0.6 is 0 Å². The third-order valence-electron chi connectivity index (χ3n) is 3.71. The number of carboxylic acid groups (broad SMARTS) is 1. The van der Waals surface area contributed by atoms with E-state index in [2.05, 4.69) is 11.8 Å². The summed E-state index contributed by atoms with van der Waals surface area (Å²) in [4.78, 5) is 12.8. The van der Waals surface area contributed by atoms with Crippen molar-refractivity contribution in [2.24, 2.45) is 5.92 Å². The van der Waals surface area contributed by atoms with E-state index in [9.17, 15) is 9.18 Å². The lowest BCUT2D eigenvalue weighted by molar-refractivity contribution is -0.137. The molecular weight excluding hydrogens is 245 g/mol. The van der Waals surface area contributed by atoms with E-state index in [0.717, 1.165) is 25.1 Å². The second-order valence-electron chi connectivity index (χ2n) is 5.37. The first-order chi connectivity index (χ1) is 9.08. The van der Waals surface area contributed by atoms with Gasteiger partial charge in [0.25, 0.3) is 0 Å². The molecule has 0 amide bonds. The van der Waals surface area contributed by atoms with Crippen LogP contribution in [-0.4, -0.2) is 29.1 Å². The highest BCUT2D eigenvalue weighted by atomic mass is 19.1. The monoisotopic (exact) mass is 265 g/mol. The zero-order valence-corrected chi connectivity index (χ0v) is 11.2. The van der Waals surface area contributed by atoms with Crippen molar-refractivity contribution in [3.8, 4) is 0 Å². The smallest absolute Gasteiger partial charge is 0.303 e. The van der Waals surface area contributed by atoms with Crippen LogP contribution in [-0.2, 0) is 4.79 Å². The van der Waals surface area contributed by atoms with Gasteiger partial charge < -0.3 is 5.11 Å². The van der Waals surface area contributed by atoms with Crippen LogP contribution in [0.25, 0.3) is 0 Å². The van der Waals surface area contributed by atoms with E-state index in [1.54, 1.807) is 6.07 Å². The fourth-order valence-electron chi connectivity index (χ4n) is 2.88. The maximum atomic E-state index is 13.9. The summed E-state index contributed by atoms with van der Waals surface area (Å²) in [5, 5.41) is 8.69. The SMILES string of the molecule is C[C@@H]1C[C@@H](c2ccccc2F)N(CCCC(=O)O)C1. The van der Waals surface area contributed by atoms with Crippen LogP contribution in [0.15, 0.2) is 24.3 Å². The van der Waals surface area contributed by atoms with Gasteiger partial charge in [-0.1, -0.05) is 25.1 Å². The van der Waals surface area contributed by atoms with Crippen molar-refractivity contribution < 1.29 is 14.3 Å². The quantitative estimate of drug-likeness (QED) is 0.889. The van der Waals surface area contributed by atoms with Crippen molar-refractivity contribution in [2.45, 2.75) is 32.2 Å². The molecule has 3 nitrogen and oxygen atoms in total. The molecule has 0 unspecified atom stereocenters. The maximum Gasteiger partial charge on any atom is 0.303 e. The van der Waals surface area contributed by atoms with Crippen molar-refractivity contribution in [3.63, 3.8) is 0 Å². The van der Waals surface area contributed by atoms with E-state index in [-0.39, 0.29) is 18.3 Å². The average molecular weight is 265 g/mol. The van der Waals surface area contributed by atoms with Crippen LogP contribution in [0.4, 0.5) is 4.39 Å². The van der Waals surface area contributed by atoms with Gasteiger partial charge in [0.15, 0.2) is 0 Å². The molecule has 0 aliphatic carbocycles. The summed E-state index contributed by atoms with van der Waals surface area (Å²) >= 11 is 0. The summed E-state index contributed by atoms with van der Waals surface area (Å²) < 4.78 is 13.9. The minimum absolute atomic E-state index is 0.0880. The van der Waals surface area contributed by atoms with Crippen molar-refractivity contribution >= 4 is 5.97 Å². The molecule has 1 N–H and O–H groups in total. The summed E-state index contributed by atoms with van der Waals surface area (Å²) in [7, 11) is 0. The number of rotatable bonds is 5. The van der Waals surface area contributed by atoms with Gasteiger partial charge in [-0.25, -0.2) is 4.39 Å². The molecule has 0 aromatic heterocycles. The number of hydrogen-bond acceptors (Lipinski definition) is 2. The molecule has 1 fully saturated rings. The predicted molar refractivity (Wildman–Crippen MR) is 71.4 cm³/mol. The van der Waals surface area contributed by atoms with Crippen LogP contribution in [0.5, 0.6) is 0 Å². The van der Waals surface area contributed by atoms with E-state index in [1.165, 1.54) is 6.07 Å². The lowest BCUT2D eigenvalue weighted by Crippen LogP contribution is -2.26. The zero-order valence-electron chi connectivity index (χ0n) is 11.2. The van der Waals surface area contributed by atoms with Gasteiger partial charge in [-0.05, 0) is 31.4 Å². The molecule has 0 spiro atoms. The van der Waals surface area contributed by atoms with Gasteiger partial charge >= 0.3 is 5.97 Å². The second-order valence-corrected chi connectivity index (χ2v) is 5.37. The molecule has 4 heteroatoms. The van der Waals surface area contributed by atoms with Crippen molar-refractivity contribution in [2.75, 3.05) is 13.1 Å². The number of benzene rings is 1. The Kier molecular flexibility index (Phi) is 4.53. The Morgan fingerprint density at radius 1 is 1.47 bits per heavy atom. The first-order valence-electron chi connectivity index (χ1n) is 6.78. The Hall–Kier alpha value is -1.42. The van der Waals surface area contributed by atoms with Gasteiger partial charge in [0.2, 0.25) is 0 Å². The molecule has 1 saturated heterocycles. The Bertz CT molecular complexity index is 450. The first kappa shape index (κ1) is 14.0. The number of carboxylic acids is 1. The van der Waals surface area contributed by atoms with Gasteiger partial charge in [-0.2, -0.15) is 0 Å². The fourth-order valence-corrected chi connectivity index (χ4v) is 2.88. The summed E-state index contributed by atoms with van der Waals surface area (Å²) in [6, 6.07) is 6.98. The molecule has 0 saturated carbocycles. The maximum absolute atomic E-state index is 13.9. The van der Waals surface area contributed by atoms with E-state index in [0.29, 0.717) is 12.3 Å². The first-order valence-corrected chi connectivity index (χ1v) is 6.78. The Morgan fingerprint density at radius 3 is 2.89 bits per heavy atom. The molecule has 1 heterocycles. The van der Waals surface area contributed by atoms with Gasteiger partial charge in [-0.3, -0.25) is 9.69 Å². The van der Waals surface area contributed by atoms with Crippen LogP contribution in [0.1, 0.15) is 37.8 Å². The van der Waals surface area contributed by atoms with Crippen LogP contribution < -0.4 is 0 Å². The normalized spacial score (nSPS) is 23.7. The highest BCUT2D eigenvalue weighted by Crippen LogP contribution is 2.36. The number of carbonyl (C=O) groups is 1. The summed E-state index contributed by atoms with van der Waals surface area (Å²) in [5.74, 6) is -0.408. The molecule has 1 aromatic rings. The summed E-state index contributed by atoms with van der Waals surface area (Å²) in [6.45, 7) is 3.79. The predicted octanol–water partition coefficient (Wildman–Crippen LogP) is 3.07. The van der Waals surface area contributed by atoms with E-state index >= 15 is 0 Å². The topological polar surface area (TPSA) is 40.5 Å². The Labute approximate surface area is 113 Å². The highest BCUT2D eigenvalue weighted by Gasteiger charge is 2.31. The lowest BCUT2D eigenvalue weighted by atomic mass is 10.0. The molecule has 1 aliphatic rings. The van der Waals surface area contributed by atoms with Crippen LogP contribution in [0.2, 0.25) is 0 Å². The molecule has 0 bridgehead atoms. The van der Waals surface area contributed by atoms with Crippen LogP contribution in [0.3, 0.4) is 0 Å². The summed E-state index contributed by atoms with van der Waals surface area (Å²) in [6.07, 6.45) is 1.73. The Balaban J connectivity index is 2.05. The largest absolute Gasteiger partial charge is 0.481 e. The van der Waals surface area contributed by atoms with E-state index in [4.69, 9.17) is 5.11 Å². The van der Waals surface area contributed by atoms with Crippen LogP contribution in [0, 0.1) is 11.7 Å². The minimum Gasteiger partial charge on any atom is -0.481 e. The Morgan fingerprint density at radius 2 is 2.21 bits per heavy atom. The van der Waals surface area contributed by atoms with Gasteiger partial charge in [-0.15, -0.1) is 0 Å². The average Bonchev–Trinajstić information content (AvgIpc) is 2.70. The molecule has 1 aliphatic heterocycles. The minimum atomic E-state index is -0.769. The fraction of sp³-hybridized carbons (Fsp3) is 0.533. The lowest BCUT2D eigenvalue weighted by Gasteiger charge is -2.24. The van der Waals surface area contributed by atoms with E-state index in [1.807, 2.05) is 12.1 Å². The van der Waals surface area contributed by atoms with Gasteiger partial charge in [0, 0.05) is 24.6 Å².